The second-order valence-corrected chi connectivity index (χ2v) is 17.6. The van der Waals surface area contributed by atoms with Gasteiger partial charge in [0.25, 0.3) is 0 Å². The molecule has 7 nitrogen and oxygen atoms in total. The molecule has 0 atom stereocenters. The van der Waals surface area contributed by atoms with Gasteiger partial charge in [-0.05, 0) is 67.9 Å². The smallest absolute Gasteiger partial charge is 0.419 e. The number of carbonyl (C=O) groups is 2. The van der Waals surface area contributed by atoms with Crippen molar-refractivity contribution in [3.8, 4) is 0 Å². The molecule has 1 aromatic carbocycles. The lowest BCUT2D eigenvalue weighted by Crippen LogP contribution is -2.51. The highest BCUT2D eigenvalue weighted by molar-refractivity contribution is 6.82. The summed E-state index contributed by atoms with van der Waals surface area (Å²) in [5.41, 5.74) is 10.1. The summed E-state index contributed by atoms with van der Waals surface area (Å²) in [6.45, 7) is 19.3. The van der Waals surface area contributed by atoms with Crippen molar-refractivity contribution in [2.24, 2.45) is 0 Å². The lowest BCUT2D eigenvalue weighted by Gasteiger charge is -2.44. The molecule has 206 valence electrons. The molecular formula is C30H43N3O4Si. The number of methoxy groups -OCH3 is 1. The maximum absolute atomic E-state index is 13.1. The minimum absolute atomic E-state index is 0.400. The number of aromatic nitrogens is 2. The number of carbonyl (C=O) groups excluding carboxylic acids is 2. The highest BCUT2D eigenvalue weighted by Crippen LogP contribution is 2.43. The Bertz CT molecular complexity index is 1330. The summed E-state index contributed by atoms with van der Waals surface area (Å²) in [7, 11) is -0.624. The van der Waals surface area contributed by atoms with Crippen molar-refractivity contribution < 1.29 is 19.1 Å². The van der Waals surface area contributed by atoms with E-state index in [1.54, 1.807) is 24.4 Å². The molecule has 0 aliphatic rings. The zero-order valence-electron chi connectivity index (χ0n) is 24.5. The van der Waals surface area contributed by atoms with Crippen LogP contribution in [0.5, 0.6) is 0 Å². The average molecular weight is 538 g/mol. The van der Waals surface area contributed by atoms with Crippen LogP contribution in [0, 0.1) is 0 Å². The van der Waals surface area contributed by atoms with Crippen LogP contribution in [0.25, 0.3) is 22.6 Å². The molecule has 2 aromatic heterocycles. The van der Waals surface area contributed by atoms with Gasteiger partial charge in [0, 0.05) is 34.6 Å². The van der Waals surface area contributed by atoms with E-state index in [9.17, 15) is 9.59 Å². The van der Waals surface area contributed by atoms with Gasteiger partial charge >= 0.3 is 12.1 Å². The van der Waals surface area contributed by atoms with E-state index < -0.39 is 25.9 Å². The van der Waals surface area contributed by atoms with Crippen LogP contribution in [0.15, 0.2) is 42.9 Å². The fourth-order valence-corrected chi connectivity index (χ4v) is 12.6. The van der Waals surface area contributed by atoms with Gasteiger partial charge in [-0.2, -0.15) is 0 Å². The van der Waals surface area contributed by atoms with Crippen molar-refractivity contribution in [1.82, 2.24) is 8.80 Å². The minimum Gasteiger partial charge on any atom is -0.465 e. The molecule has 38 heavy (non-hydrogen) atoms. The molecule has 0 unspecified atom stereocenters. The maximum Gasteiger partial charge on any atom is 0.419 e. The zero-order chi connectivity index (χ0) is 28.6. The predicted octanol–water partition coefficient (Wildman–Crippen LogP) is 7.55. The van der Waals surface area contributed by atoms with Crippen molar-refractivity contribution in [2.75, 3.05) is 12.8 Å². The van der Waals surface area contributed by atoms with Crippen LogP contribution in [-0.4, -0.2) is 41.8 Å². The molecule has 0 bridgehead atoms. The maximum atomic E-state index is 13.1. The Balaban J connectivity index is 2.24. The molecule has 8 heteroatoms. The highest BCUT2D eigenvalue weighted by Gasteiger charge is 2.45. The Kier molecular flexibility index (Phi) is 8.36. The summed E-state index contributed by atoms with van der Waals surface area (Å²) in [6, 6.07) is 7.37. The molecule has 0 amide bonds. The Morgan fingerprint density at radius 2 is 1.58 bits per heavy atom. The number of anilines is 1. The van der Waals surface area contributed by atoms with Gasteiger partial charge in [0.05, 0.1) is 18.2 Å². The van der Waals surface area contributed by atoms with Crippen LogP contribution >= 0.6 is 0 Å². The lowest BCUT2D eigenvalue weighted by atomic mass is 10.0. The topological polar surface area (TPSA) is 88.5 Å². The first kappa shape index (κ1) is 29.3. The molecule has 3 rings (SSSR count). The van der Waals surface area contributed by atoms with Gasteiger partial charge in [-0.15, -0.1) is 0 Å². The van der Waals surface area contributed by atoms with Gasteiger partial charge in [-0.1, -0.05) is 47.6 Å². The molecule has 2 N–H and O–H groups in total. The Hall–Kier alpha value is -3.26. The number of hydrogen-bond acceptors (Lipinski definition) is 5. The summed E-state index contributed by atoms with van der Waals surface area (Å²) in [4.78, 5) is 26.1. The largest absolute Gasteiger partial charge is 0.465 e. The van der Waals surface area contributed by atoms with Crippen molar-refractivity contribution in [3.63, 3.8) is 0 Å². The number of nitrogen functional groups attached to an aromatic ring is 1. The molecule has 0 fully saturated rings. The molecule has 0 aliphatic heterocycles. The highest BCUT2D eigenvalue weighted by atomic mass is 28.3. The predicted molar refractivity (Wildman–Crippen MR) is 159 cm³/mol. The Morgan fingerprint density at radius 3 is 2.11 bits per heavy atom. The first-order valence-electron chi connectivity index (χ1n) is 13.3. The van der Waals surface area contributed by atoms with Crippen molar-refractivity contribution >= 4 is 48.5 Å². The SMILES string of the molecule is COC(=O)/C(=C/c1cn(C(=O)OC(C)(C)C)c2cccc(N)c12)c1ccn([Si](C(C)C)(C(C)C)C(C)C)c1. The number of hydrogen-bond donors (Lipinski definition) is 1. The van der Waals surface area contributed by atoms with E-state index in [-0.39, 0.29) is 0 Å². The van der Waals surface area contributed by atoms with Crippen LogP contribution in [0.3, 0.4) is 0 Å². The second kappa shape index (κ2) is 10.8. The lowest BCUT2D eigenvalue weighted by molar-refractivity contribution is -0.133. The second-order valence-electron chi connectivity index (χ2n) is 11.9. The van der Waals surface area contributed by atoms with Gasteiger partial charge in [0.15, 0.2) is 8.24 Å². The third kappa shape index (κ3) is 5.32. The first-order valence-corrected chi connectivity index (χ1v) is 15.4. The van der Waals surface area contributed by atoms with Crippen molar-refractivity contribution in [1.29, 1.82) is 0 Å². The monoisotopic (exact) mass is 537 g/mol. The van der Waals surface area contributed by atoms with Crippen LogP contribution in [-0.2, 0) is 14.3 Å². The van der Waals surface area contributed by atoms with Crippen LogP contribution in [0.1, 0.15) is 73.4 Å². The number of rotatable bonds is 7. The summed E-state index contributed by atoms with van der Waals surface area (Å²) in [5.74, 6) is -0.457. The summed E-state index contributed by atoms with van der Waals surface area (Å²) in [5, 5.41) is 0.675. The molecule has 2 heterocycles. The third-order valence-corrected chi connectivity index (χ3v) is 14.1. The van der Waals surface area contributed by atoms with Crippen molar-refractivity contribution in [3.05, 3.63) is 54.0 Å². The zero-order valence-corrected chi connectivity index (χ0v) is 25.5. The minimum atomic E-state index is -2.00. The molecule has 0 spiro atoms. The first-order chi connectivity index (χ1) is 17.6. The molecule has 0 radical (unpaired) electrons. The molecule has 0 saturated carbocycles. The molecule has 3 aromatic rings. The summed E-state index contributed by atoms with van der Waals surface area (Å²) < 4.78 is 14.7. The number of nitrogens with zero attached hydrogens (tertiary/aromatic N) is 2. The number of esters is 1. The fraction of sp³-hybridized carbons (Fsp3) is 0.467. The van der Waals surface area contributed by atoms with E-state index >= 15 is 0 Å². The van der Waals surface area contributed by atoms with Gasteiger partial charge in [0.1, 0.15) is 5.60 Å². The van der Waals surface area contributed by atoms with Crippen LogP contribution in [0.2, 0.25) is 16.6 Å². The van der Waals surface area contributed by atoms with Crippen molar-refractivity contribution in [2.45, 2.75) is 84.5 Å². The van der Waals surface area contributed by atoms with Gasteiger partial charge in [0.2, 0.25) is 0 Å². The van der Waals surface area contributed by atoms with E-state index in [4.69, 9.17) is 15.2 Å². The normalized spacial score (nSPS) is 13.1. The fourth-order valence-electron chi connectivity index (χ4n) is 6.13. The van der Waals surface area contributed by atoms with E-state index in [0.717, 1.165) is 5.56 Å². The van der Waals surface area contributed by atoms with E-state index in [0.29, 0.717) is 44.4 Å². The molecular weight excluding hydrogens is 494 g/mol. The number of ether oxygens (including phenoxy) is 2. The van der Waals surface area contributed by atoms with Crippen LogP contribution in [0.4, 0.5) is 10.5 Å². The van der Waals surface area contributed by atoms with Gasteiger partial charge < -0.3 is 19.4 Å². The van der Waals surface area contributed by atoms with E-state index in [2.05, 4.69) is 58.2 Å². The summed E-state index contributed by atoms with van der Waals surface area (Å²) >= 11 is 0. The number of fused-ring (bicyclic) bond motifs is 1. The molecule has 0 aliphatic carbocycles. The average Bonchev–Trinajstić information content (AvgIpc) is 3.41. The van der Waals surface area contributed by atoms with Gasteiger partial charge in [-0.3, -0.25) is 4.57 Å². The Labute approximate surface area is 227 Å². The number of benzene rings is 1. The quantitative estimate of drug-likeness (QED) is 0.145. The van der Waals surface area contributed by atoms with E-state index in [1.807, 2.05) is 32.9 Å². The Morgan fingerprint density at radius 1 is 0.974 bits per heavy atom. The summed E-state index contributed by atoms with van der Waals surface area (Å²) in [6.07, 6.45) is 7.11. The van der Waals surface area contributed by atoms with E-state index in [1.165, 1.54) is 11.7 Å². The molecule has 0 saturated heterocycles. The number of nitrogens with two attached hydrogens (primary N) is 1. The third-order valence-electron chi connectivity index (χ3n) is 7.41. The van der Waals surface area contributed by atoms with Gasteiger partial charge in [-0.25, -0.2) is 9.59 Å². The standard InChI is InChI=1S/C30H43N3O4Si/c1-19(2)38(20(3)4,21(5)6)32-15-14-22(17-32)24(28(34)36-10)16-23-18-33(29(35)37-30(7,8)9)26-13-11-12-25(31)27(23)26/h11-21H,31H2,1-10H3/b24-16+. The van der Waals surface area contributed by atoms with Crippen LogP contribution < -0.4 is 5.73 Å².